The zero-order chi connectivity index (χ0) is 14.3. The molecule has 2 nitrogen and oxygen atoms in total. The van der Waals surface area contributed by atoms with E-state index >= 15 is 0 Å². The lowest BCUT2D eigenvalue weighted by Crippen LogP contribution is -2.18. The summed E-state index contributed by atoms with van der Waals surface area (Å²) in [6.07, 6.45) is 2.28. The monoisotopic (exact) mass is 300 g/mol. The van der Waals surface area contributed by atoms with Crippen LogP contribution in [0.5, 0.6) is 0 Å². The van der Waals surface area contributed by atoms with Crippen LogP contribution in [0.1, 0.15) is 56.6 Å². The molecule has 19 heavy (non-hydrogen) atoms. The van der Waals surface area contributed by atoms with Gasteiger partial charge in [-0.15, -0.1) is 11.3 Å². The molecule has 0 aliphatic heterocycles. The SMILES string of the molecule is CCc1nc(CSC(C)CC)sc1CNCC(C)C. The maximum atomic E-state index is 4.79. The number of rotatable bonds is 9. The van der Waals surface area contributed by atoms with E-state index in [0.717, 1.165) is 30.5 Å². The number of hydrogen-bond donors (Lipinski definition) is 1. The molecular weight excluding hydrogens is 272 g/mol. The molecule has 0 bridgehead atoms. The largest absolute Gasteiger partial charge is 0.312 e. The van der Waals surface area contributed by atoms with Crippen LogP contribution in [0.3, 0.4) is 0 Å². The van der Waals surface area contributed by atoms with Crippen molar-refractivity contribution in [3.8, 4) is 0 Å². The molecule has 0 saturated heterocycles. The number of aromatic nitrogens is 1. The Hall–Kier alpha value is -0.0600. The van der Waals surface area contributed by atoms with Crippen molar-refractivity contribution in [3.05, 3.63) is 15.6 Å². The van der Waals surface area contributed by atoms with E-state index in [2.05, 4.69) is 39.9 Å². The Morgan fingerprint density at radius 2 is 2.00 bits per heavy atom. The highest BCUT2D eigenvalue weighted by Crippen LogP contribution is 2.26. The fourth-order valence-electron chi connectivity index (χ4n) is 1.72. The number of aryl methyl sites for hydroxylation is 1. The molecule has 1 unspecified atom stereocenters. The van der Waals surface area contributed by atoms with Gasteiger partial charge in [-0.3, -0.25) is 0 Å². The lowest BCUT2D eigenvalue weighted by Gasteiger charge is -2.06. The minimum atomic E-state index is 0.707. The molecule has 1 aromatic heterocycles. The van der Waals surface area contributed by atoms with Crippen LogP contribution in [0.25, 0.3) is 0 Å². The highest BCUT2D eigenvalue weighted by atomic mass is 32.2. The molecule has 0 fully saturated rings. The van der Waals surface area contributed by atoms with Gasteiger partial charge in [0, 0.05) is 22.4 Å². The van der Waals surface area contributed by atoms with Gasteiger partial charge in [0.2, 0.25) is 0 Å². The van der Waals surface area contributed by atoms with Crippen molar-refractivity contribution in [2.45, 2.75) is 65.0 Å². The van der Waals surface area contributed by atoms with Crippen LogP contribution in [0.4, 0.5) is 0 Å². The molecule has 1 heterocycles. The molecule has 1 N–H and O–H groups in total. The van der Waals surface area contributed by atoms with E-state index in [4.69, 9.17) is 4.98 Å². The van der Waals surface area contributed by atoms with Crippen molar-refractivity contribution in [1.29, 1.82) is 0 Å². The van der Waals surface area contributed by atoms with Crippen LogP contribution in [-0.2, 0) is 18.7 Å². The van der Waals surface area contributed by atoms with Crippen LogP contribution < -0.4 is 5.32 Å². The van der Waals surface area contributed by atoms with Gasteiger partial charge in [-0.25, -0.2) is 4.98 Å². The summed E-state index contributed by atoms with van der Waals surface area (Å²) in [5.41, 5.74) is 1.29. The maximum absolute atomic E-state index is 4.79. The van der Waals surface area contributed by atoms with Gasteiger partial charge in [-0.05, 0) is 25.3 Å². The summed E-state index contributed by atoms with van der Waals surface area (Å²) in [6, 6.07) is 0. The quantitative estimate of drug-likeness (QED) is 0.727. The maximum Gasteiger partial charge on any atom is 0.103 e. The summed E-state index contributed by atoms with van der Waals surface area (Å²) in [7, 11) is 0. The average Bonchev–Trinajstić information content (AvgIpc) is 2.78. The van der Waals surface area contributed by atoms with Crippen molar-refractivity contribution in [3.63, 3.8) is 0 Å². The smallest absolute Gasteiger partial charge is 0.103 e. The minimum Gasteiger partial charge on any atom is -0.312 e. The molecule has 0 saturated carbocycles. The standard InChI is InChI=1S/C15H28N2S2/c1-6-12(5)18-10-15-17-13(7-2)14(19-15)9-16-8-11(3)4/h11-12,16H,6-10H2,1-5H3. The first kappa shape index (κ1) is 17.0. The highest BCUT2D eigenvalue weighted by molar-refractivity contribution is 7.99. The fraction of sp³-hybridized carbons (Fsp3) is 0.800. The first-order chi connectivity index (χ1) is 9.06. The third-order valence-corrected chi connectivity index (χ3v) is 5.68. The van der Waals surface area contributed by atoms with Crippen molar-refractivity contribution >= 4 is 23.1 Å². The number of nitrogens with zero attached hydrogens (tertiary/aromatic N) is 1. The first-order valence-electron chi connectivity index (χ1n) is 7.36. The van der Waals surface area contributed by atoms with Gasteiger partial charge in [0.15, 0.2) is 0 Å². The van der Waals surface area contributed by atoms with Crippen LogP contribution in [-0.4, -0.2) is 16.8 Å². The van der Waals surface area contributed by atoms with E-state index in [-0.39, 0.29) is 0 Å². The summed E-state index contributed by atoms with van der Waals surface area (Å²) >= 11 is 3.91. The van der Waals surface area contributed by atoms with Crippen molar-refractivity contribution in [2.24, 2.45) is 5.92 Å². The second-order valence-corrected chi connectivity index (χ2v) is 7.98. The molecule has 0 aliphatic rings. The molecule has 0 amide bonds. The molecule has 0 radical (unpaired) electrons. The zero-order valence-corrected chi connectivity index (χ0v) is 14.6. The summed E-state index contributed by atoms with van der Waals surface area (Å²) in [5.74, 6) is 1.77. The van der Waals surface area contributed by atoms with Crippen LogP contribution >= 0.6 is 23.1 Å². The van der Waals surface area contributed by atoms with Crippen LogP contribution in [0, 0.1) is 5.92 Å². The number of nitrogens with one attached hydrogen (secondary N) is 1. The first-order valence-corrected chi connectivity index (χ1v) is 9.23. The van der Waals surface area contributed by atoms with Gasteiger partial charge in [0.05, 0.1) is 5.69 Å². The fourth-order valence-corrected chi connectivity index (χ4v) is 3.81. The molecule has 110 valence electrons. The van der Waals surface area contributed by atoms with E-state index < -0.39 is 0 Å². The lowest BCUT2D eigenvalue weighted by atomic mass is 10.2. The molecule has 0 aliphatic carbocycles. The topological polar surface area (TPSA) is 24.9 Å². The normalized spacial score (nSPS) is 13.2. The Balaban J connectivity index is 2.53. The zero-order valence-electron chi connectivity index (χ0n) is 13.0. The highest BCUT2D eigenvalue weighted by Gasteiger charge is 2.10. The van der Waals surface area contributed by atoms with Crippen LogP contribution in [0.15, 0.2) is 0 Å². The third-order valence-electron chi connectivity index (χ3n) is 3.06. The second-order valence-electron chi connectivity index (χ2n) is 5.39. The predicted molar refractivity (Wildman–Crippen MR) is 89.1 cm³/mol. The Morgan fingerprint density at radius 1 is 1.26 bits per heavy atom. The predicted octanol–water partition coefficient (Wildman–Crippen LogP) is 4.48. The van der Waals surface area contributed by atoms with E-state index in [1.807, 2.05) is 23.1 Å². The van der Waals surface area contributed by atoms with Gasteiger partial charge in [0.1, 0.15) is 5.01 Å². The Kier molecular flexibility index (Phi) is 8.03. The molecular formula is C15H28N2S2. The van der Waals surface area contributed by atoms with Gasteiger partial charge in [-0.1, -0.05) is 34.6 Å². The second kappa shape index (κ2) is 8.98. The summed E-state index contributed by atoms with van der Waals surface area (Å²) in [4.78, 5) is 6.22. The van der Waals surface area contributed by atoms with Crippen molar-refractivity contribution < 1.29 is 0 Å². The number of hydrogen-bond acceptors (Lipinski definition) is 4. The number of thiazole rings is 1. The van der Waals surface area contributed by atoms with E-state index in [1.165, 1.54) is 22.0 Å². The van der Waals surface area contributed by atoms with Crippen molar-refractivity contribution in [1.82, 2.24) is 10.3 Å². The van der Waals surface area contributed by atoms with E-state index in [0.29, 0.717) is 5.92 Å². The average molecular weight is 301 g/mol. The van der Waals surface area contributed by atoms with Gasteiger partial charge in [0.25, 0.3) is 0 Å². The summed E-state index contributed by atoms with van der Waals surface area (Å²) in [5, 5.41) is 5.56. The lowest BCUT2D eigenvalue weighted by molar-refractivity contribution is 0.553. The Bertz CT molecular complexity index is 361. The molecule has 0 spiro atoms. The van der Waals surface area contributed by atoms with Crippen molar-refractivity contribution in [2.75, 3.05) is 6.54 Å². The van der Waals surface area contributed by atoms with Gasteiger partial charge >= 0.3 is 0 Å². The summed E-state index contributed by atoms with van der Waals surface area (Å²) in [6.45, 7) is 13.3. The Morgan fingerprint density at radius 3 is 2.58 bits per heavy atom. The molecule has 1 atom stereocenters. The Labute approximate surface area is 126 Å². The molecule has 0 aromatic carbocycles. The molecule has 4 heteroatoms. The van der Waals surface area contributed by atoms with Crippen LogP contribution in [0.2, 0.25) is 0 Å². The van der Waals surface area contributed by atoms with Gasteiger partial charge in [-0.2, -0.15) is 11.8 Å². The molecule has 1 aromatic rings. The van der Waals surface area contributed by atoms with Gasteiger partial charge < -0.3 is 5.32 Å². The number of thioether (sulfide) groups is 1. The minimum absolute atomic E-state index is 0.707. The van der Waals surface area contributed by atoms with E-state index in [9.17, 15) is 0 Å². The molecule has 1 rings (SSSR count). The van der Waals surface area contributed by atoms with E-state index in [1.54, 1.807) is 0 Å². The summed E-state index contributed by atoms with van der Waals surface area (Å²) < 4.78 is 0. The third kappa shape index (κ3) is 6.28.